The molecule has 1 N–H and O–H groups in total. The van der Waals surface area contributed by atoms with Crippen LogP contribution >= 0.6 is 0 Å². The van der Waals surface area contributed by atoms with Crippen molar-refractivity contribution in [3.8, 4) is 0 Å². The van der Waals surface area contributed by atoms with E-state index < -0.39 is 0 Å². The minimum absolute atomic E-state index is 0.325. The molecule has 0 fully saturated rings. The molecule has 0 aliphatic carbocycles. The topological polar surface area (TPSA) is 41.7 Å². The van der Waals surface area contributed by atoms with Crippen molar-refractivity contribution in [1.82, 2.24) is 9.55 Å². The molecule has 9 heavy (non-hydrogen) atoms. The average Bonchev–Trinajstić information content (AvgIpc) is 1.80. The maximum absolute atomic E-state index is 7.11. The molecule has 3 heteroatoms. The molecule has 0 saturated heterocycles. The highest BCUT2D eigenvalue weighted by Gasteiger charge is 1.85. The number of nitrogens with one attached hydrogen (secondary N) is 1. The second-order valence-electron chi connectivity index (χ2n) is 1.97. The van der Waals surface area contributed by atoms with Crippen molar-refractivity contribution in [2.45, 2.75) is 6.92 Å². The molecule has 0 aliphatic rings. The van der Waals surface area contributed by atoms with Gasteiger partial charge in [-0.3, -0.25) is 5.41 Å². The van der Waals surface area contributed by atoms with Crippen LogP contribution in [0.2, 0.25) is 0 Å². The highest BCUT2D eigenvalue weighted by atomic mass is 15.0. The highest BCUT2D eigenvalue weighted by molar-refractivity contribution is 4.87. The molecule has 1 rings (SSSR count). The van der Waals surface area contributed by atoms with Crippen LogP contribution in [0.1, 0.15) is 5.82 Å². The quantitative estimate of drug-likeness (QED) is 0.526. The van der Waals surface area contributed by atoms with Crippen molar-refractivity contribution >= 4 is 0 Å². The van der Waals surface area contributed by atoms with Gasteiger partial charge in [0.15, 0.2) is 0 Å². The summed E-state index contributed by atoms with van der Waals surface area (Å²) in [5.41, 5.74) is 0.325. The Balaban J connectivity index is 3.34. The van der Waals surface area contributed by atoms with Crippen LogP contribution < -0.4 is 5.49 Å². The van der Waals surface area contributed by atoms with E-state index in [1.165, 1.54) is 0 Å². The zero-order valence-corrected chi connectivity index (χ0v) is 5.55. The Bertz CT molecular complexity index is 261. The zero-order chi connectivity index (χ0) is 6.85. The van der Waals surface area contributed by atoms with Gasteiger partial charge in [-0.1, -0.05) is 0 Å². The van der Waals surface area contributed by atoms with E-state index in [1.807, 2.05) is 24.7 Å². The minimum Gasteiger partial charge on any atom is -0.340 e. The van der Waals surface area contributed by atoms with Gasteiger partial charge in [0.05, 0.1) is 0 Å². The Morgan fingerprint density at radius 2 is 2.33 bits per heavy atom. The fraction of sp³-hybridized carbons (Fsp3) is 0.333. The van der Waals surface area contributed by atoms with E-state index >= 15 is 0 Å². The van der Waals surface area contributed by atoms with Crippen molar-refractivity contribution in [1.29, 1.82) is 5.41 Å². The van der Waals surface area contributed by atoms with Gasteiger partial charge in [0.25, 0.3) is 0 Å². The van der Waals surface area contributed by atoms with Gasteiger partial charge in [-0.25, -0.2) is 4.98 Å². The molecule has 1 aromatic rings. The maximum atomic E-state index is 7.11. The van der Waals surface area contributed by atoms with Crippen molar-refractivity contribution in [2.75, 3.05) is 0 Å². The summed E-state index contributed by atoms with van der Waals surface area (Å²) >= 11 is 0. The summed E-state index contributed by atoms with van der Waals surface area (Å²) in [6, 6.07) is 1.66. The molecule has 0 unspecified atom stereocenters. The van der Waals surface area contributed by atoms with Crippen LogP contribution in [0.5, 0.6) is 0 Å². The number of rotatable bonds is 0. The fourth-order valence-electron chi connectivity index (χ4n) is 0.581. The van der Waals surface area contributed by atoms with E-state index in [9.17, 15) is 0 Å². The summed E-state index contributed by atoms with van der Waals surface area (Å²) in [5.74, 6) is 0.863. The molecule has 0 radical (unpaired) electrons. The molecule has 1 aromatic heterocycles. The molecule has 0 atom stereocenters. The van der Waals surface area contributed by atoms with Gasteiger partial charge >= 0.3 is 0 Å². The largest absolute Gasteiger partial charge is 0.340 e. The summed E-state index contributed by atoms with van der Waals surface area (Å²) in [6.07, 6.45) is 1.82. The predicted octanol–water partition coefficient (Wildman–Crippen LogP) is 0.208. The monoisotopic (exact) mass is 123 g/mol. The molecular formula is C6H9N3. The van der Waals surface area contributed by atoms with Gasteiger partial charge in [0.1, 0.15) is 11.3 Å². The first-order chi connectivity index (χ1) is 4.20. The van der Waals surface area contributed by atoms with Crippen LogP contribution in [0.3, 0.4) is 0 Å². The van der Waals surface area contributed by atoms with Crippen LogP contribution in [0, 0.1) is 12.3 Å². The van der Waals surface area contributed by atoms with E-state index in [0.717, 1.165) is 5.82 Å². The molecule has 0 aromatic carbocycles. The number of hydrogen-bond donors (Lipinski definition) is 1. The van der Waals surface area contributed by atoms with Gasteiger partial charge in [-0.2, -0.15) is 0 Å². The number of hydrogen-bond acceptors (Lipinski definition) is 2. The van der Waals surface area contributed by atoms with Crippen LogP contribution in [-0.2, 0) is 7.05 Å². The second-order valence-corrected chi connectivity index (χ2v) is 1.97. The molecule has 0 bridgehead atoms. The third kappa shape index (κ3) is 1.16. The van der Waals surface area contributed by atoms with E-state index in [0.29, 0.717) is 5.49 Å². The van der Waals surface area contributed by atoms with Crippen LogP contribution in [0.15, 0.2) is 12.3 Å². The van der Waals surface area contributed by atoms with Crippen molar-refractivity contribution < 1.29 is 0 Å². The van der Waals surface area contributed by atoms with Gasteiger partial charge in [-0.15, -0.1) is 0 Å². The Kier molecular flexibility index (Phi) is 1.34. The Morgan fingerprint density at radius 1 is 1.67 bits per heavy atom. The smallest absolute Gasteiger partial charge is 0.147 e. The van der Waals surface area contributed by atoms with Gasteiger partial charge in [0, 0.05) is 13.2 Å². The normalized spacial score (nSPS) is 9.56. The molecule has 0 spiro atoms. The Hall–Kier alpha value is -1.12. The zero-order valence-electron chi connectivity index (χ0n) is 5.55. The lowest BCUT2D eigenvalue weighted by Crippen LogP contribution is -2.11. The predicted molar refractivity (Wildman–Crippen MR) is 33.8 cm³/mol. The molecule has 0 saturated carbocycles. The summed E-state index contributed by atoms with van der Waals surface area (Å²) in [7, 11) is 1.90. The summed E-state index contributed by atoms with van der Waals surface area (Å²) in [6.45, 7) is 1.87. The van der Waals surface area contributed by atoms with E-state index in [4.69, 9.17) is 5.41 Å². The van der Waals surface area contributed by atoms with Crippen molar-refractivity contribution in [2.24, 2.45) is 7.05 Å². The van der Waals surface area contributed by atoms with E-state index in [2.05, 4.69) is 4.98 Å². The molecule has 0 amide bonds. The van der Waals surface area contributed by atoms with Crippen molar-refractivity contribution in [3.63, 3.8) is 0 Å². The molecular weight excluding hydrogens is 114 g/mol. The van der Waals surface area contributed by atoms with E-state index in [1.54, 1.807) is 6.07 Å². The molecule has 0 aliphatic heterocycles. The maximum Gasteiger partial charge on any atom is 0.147 e. The van der Waals surface area contributed by atoms with Gasteiger partial charge in [-0.05, 0) is 13.0 Å². The van der Waals surface area contributed by atoms with Gasteiger partial charge < -0.3 is 4.57 Å². The Labute approximate surface area is 53.5 Å². The first-order valence-corrected chi connectivity index (χ1v) is 2.75. The third-order valence-corrected chi connectivity index (χ3v) is 1.25. The summed E-state index contributed by atoms with van der Waals surface area (Å²) in [5, 5.41) is 7.11. The average molecular weight is 123 g/mol. The highest BCUT2D eigenvalue weighted by Crippen LogP contribution is 1.82. The first kappa shape index (κ1) is 6.01. The SMILES string of the molecule is Cc1nc(=N)ccn1C. The van der Waals surface area contributed by atoms with Crippen LogP contribution in [-0.4, -0.2) is 9.55 Å². The standard InChI is InChI=1S/C6H9N3/c1-5-8-6(7)3-4-9(5)2/h3-4,7H,1-2H3. The lowest BCUT2D eigenvalue weighted by Gasteiger charge is -1.98. The summed E-state index contributed by atoms with van der Waals surface area (Å²) < 4.78 is 1.87. The number of nitrogens with zero attached hydrogens (tertiary/aromatic N) is 2. The first-order valence-electron chi connectivity index (χ1n) is 2.75. The lowest BCUT2D eigenvalue weighted by molar-refractivity contribution is 0.786. The lowest BCUT2D eigenvalue weighted by atomic mass is 10.5. The molecule has 1 heterocycles. The number of aromatic nitrogens is 2. The fourth-order valence-corrected chi connectivity index (χ4v) is 0.581. The Morgan fingerprint density at radius 3 is 2.78 bits per heavy atom. The van der Waals surface area contributed by atoms with E-state index in [-0.39, 0.29) is 0 Å². The van der Waals surface area contributed by atoms with Gasteiger partial charge in [0.2, 0.25) is 0 Å². The third-order valence-electron chi connectivity index (χ3n) is 1.25. The van der Waals surface area contributed by atoms with Crippen molar-refractivity contribution in [3.05, 3.63) is 23.6 Å². The second kappa shape index (κ2) is 2.01. The minimum atomic E-state index is 0.325. The summed E-state index contributed by atoms with van der Waals surface area (Å²) in [4.78, 5) is 3.90. The molecule has 48 valence electrons. The van der Waals surface area contributed by atoms with Crippen LogP contribution in [0.4, 0.5) is 0 Å². The van der Waals surface area contributed by atoms with Crippen LogP contribution in [0.25, 0.3) is 0 Å². The number of aryl methyl sites for hydroxylation is 2. The molecule has 3 nitrogen and oxygen atoms in total.